The fraction of sp³-hybridized carbons (Fsp3) is 1.00. The van der Waals surface area contributed by atoms with Crippen LogP contribution in [-0.4, -0.2) is 50.8 Å². The van der Waals surface area contributed by atoms with Crippen molar-refractivity contribution in [2.24, 2.45) is 5.41 Å². The summed E-state index contributed by atoms with van der Waals surface area (Å²) in [4.78, 5) is 2.39. The zero-order valence-corrected chi connectivity index (χ0v) is 12.8. The second-order valence-electron chi connectivity index (χ2n) is 6.81. The van der Waals surface area contributed by atoms with Crippen molar-refractivity contribution < 1.29 is 4.74 Å². The molecule has 0 radical (unpaired) electrons. The highest BCUT2D eigenvalue weighted by atomic mass is 16.5. The first kappa shape index (κ1) is 15.9. The van der Waals surface area contributed by atoms with Crippen LogP contribution >= 0.6 is 0 Å². The van der Waals surface area contributed by atoms with E-state index in [2.05, 4.69) is 38.0 Å². The van der Waals surface area contributed by atoms with Crippen molar-refractivity contribution in [3.63, 3.8) is 0 Å². The molecule has 1 heterocycles. The topological polar surface area (TPSA) is 24.5 Å². The lowest BCUT2D eigenvalue weighted by Crippen LogP contribution is -2.37. The van der Waals surface area contributed by atoms with E-state index < -0.39 is 0 Å². The normalized spacial score (nSPS) is 21.5. The molecule has 1 aliphatic heterocycles. The molecule has 0 bridgehead atoms. The number of hydrogen-bond acceptors (Lipinski definition) is 3. The number of rotatable bonds is 7. The lowest BCUT2D eigenvalue weighted by Gasteiger charge is -2.27. The SMILES string of the molecule is CN(CCNCCC(C)(C)C)CC1CCCCO1. The van der Waals surface area contributed by atoms with Gasteiger partial charge in [0.05, 0.1) is 6.10 Å². The molecule has 0 aromatic heterocycles. The third-order valence-electron chi connectivity index (χ3n) is 3.51. The van der Waals surface area contributed by atoms with Crippen molar-refractivity contribution in [3.05, 3.63) is 0 Å². The van der Waals surface area contributed by atoms with Gasteiger partial charge in [-0.2, -0.15) is 0 Å². The van der Waals surface area contributed by atoms with Gasteiger partial charge in [-0.1, -0.05) is 20.8 Å². The fourth-order valence-electron chi connectivity index (χ4n) is 2.25. The first-order valence-electron chi connectivity index (χ1n) is 7.48. The summed E-state index contributed by atoms with van der Waals surface area (Å²) in [7, 11) is 2.20. The molecule has 1 unspecified atom stereocenters. The van der Waals surface area contributed by atoms with Crippen LogP contribution < -0.4 is 5.32 Å². The summed E-state index contributed by atoms with van der Waals surface area (Å²) in [6, 6.07) is 0. The van der Waals surface area contributed by atoms with E-state index in [1.165, 1.54) is 25.7 Å². The largest absolute Gasteiger partial charge is 0.377 e. The summed E-state index contributed by atoms with van der Waals surface area (Å²) >= 11 is 0. The Bertz CT molecular complexity index is 207. The van der Waals surface area contributed by atoms with Crippen molar-refractivity contribution >= 4 is 0 Å². The Kier molecular flexibility index (Phi) is 7.20. The maximum Gasteiger partial charge on any atom is 0.0701 e. The maximum absolute atomic E-state index is 5.76. The van der Waals surface area contributed by atoms with Crippen molar-refractivity contribution in [3.8, 4) is 0 Å². The first-order valence-corrected chi connectivity index (χ1v) is 7.48. The molecule has 0 aromatic rings. The highest BCUT2D eigenvalue weighted by Crippen LogP contribution is 2.16. The van der Waals surface area contributed by atoms with Crippen molar-refractivity contribution in [2.75, 3.05) is 39.8 Å². The van der Waals surface area contributed by atoms with E-state index in [0.717, 1.165) is 32.8 Å². The Balaban J connectivity index is 1.97. The third kappa shape index (κ3) is 8.06. The molecule has 1 rings (SSSR count). The van der Waals surface area contributed by atoms with Gasteiger partial charge in [0.25, 0.3) is 0 Å². The van der Waals surface area contributed by atoms with Crippen LogP contribution in [0.15, 0.2) is 0 Å². The first-order chi connectivity index (χ1) is 8.47. The molecule has 0 aliphatic carbocycles. The number of nitrogens with one attached hydrogen (secondary N) is 1. The third-order valence-corrected chi connectivity index (χ3v) is 3.51. The van der Waals surface area contributed by atoms with Gasteiger partial charge in [-0.3, -0.25) is 0 Å². The lowest BCUT2D eigenvalue weighted by molar-refractivity contribution is -0.00122. The predicted molar refractivity (Wildman–Crippen MR) is 78.0 cm³/mol. The molecular weight excluding hydrogens is 224 g/mol. The second-order valence-corrected chi connectivity index (χ2v) is 6.81. The van der Waals surface area contributed by atoms with E-state index >= 15 is 0 Å². The zero-order valence-electron chi connectivity index (χ0n) is 12.8. The Morgan fingerprint density at radius 1 is 1.22 bits per heavy atom. The van der Waals surface area contributed by atoms with E-state index in [-0.39, 0.29) is 0 Å². The highest BCUT2D eigenvalue weighted by molar-refractivity contribution is 4.68. The average molecular weight is 256 g/mol. The van der Waals surface area contributed by atoms with Gasteiger partial charge in [0, 0.05) is 26.2 Å². The van der Waals surface area contributed by atoms with Crippen molar-refractivity contribution in [2.45, 2.75) is 52.6 Å². The van der Waals surface area contributed by atoms with Gasteiger partial charge in [-0.25, -0.2) is 0 Å². The number of nitrogens with zero attached hydrogens (tertiary/aromatic N) is 1. The van der Waals surface area contributed by atoms with Crippen LogP contribution in [0, 0.1) is 5.41 Å². The number of hydrogen-bond donors (Lipinski definition) is 1. The fourth-order valence-corrected chi connectivity index (χ4v) is 2.25. The van der Waals surface area contributed by atoms with Gasteiger partial charge in [0.1, 0.15) is 0 Å². The van der Waals surface area contributed by atoms with E-state index in [9.17, 15) is 0 Å². The molecule has 18 heavy (non-hydrogen) atoms. The molecule has 1 aliphatic rings. The maximum atomic E-state index is 5.76. The minimum atomic E-state index is 0.439. The van der Waals surface area contributed by atoms with Crippen LogP contribution in [0.25, 0.3) is 0 Å². The summed E-state index contributed by atoms with van der Waals surface area (Å²) in [5.74, 6) is 0. The molecule has 0 spiro atoms. The minimum absolute atomic E-state index is 0.439. The van der Waals surface area contributed by atoms with Crippen LogP contribution in [0.4, 0.5) is 0 Å². The van der Waals surface area contributed by atoms with Crippen LogP contribution in [0.2, 0.25) is 0 Å². The molecule has 3 nitrogen and oxygen atoms in total. The van der Waals surface area contributed by atoms with Gasteiger partial charge in [-0.15, -0.1) is 0 Å². The van der Waals surface area contributed by atoms with Gasteiger partial charge in [0.2, 0.25) is 0 Å². The summed E-state index contributed by atoms with van der Waals surface area (Å²) < 4.78 is 5.76. The minimum Gasteiger partial charge on any atom is -0.377 e. The van der Waals surface area contributed by atoms with Crippen LogP contribution in [0.3, 0.4) is 0 Å². The monoisotopic (exact) mass is 256 g/mol. The van der Waals surface area contributed by atoms with E-state index in [1.54, 1.807) is 0 Å². The molecule has 108 valence electrons. The summed E-state index contributed by atoms with van der Waals surface area (Å²) in [5.41, 5.74) is 0.439. The molecule has 1 saturated heterocycles. The molecule has 0 aromatic carbocycles. The lowest BCUT2D eigenvalue weighted by atomic mass is 9.92. The Morgan fingerprint density at radius 2 is 2.00 bits per heavy atom. The Morgan fingerprint density at radius 3 is 2.61 bits per heavy atom. The Hall–Kier alpha value is -0.120. The van der Waals surface area contributed by atoms with E-state index in [4.69, 9.17) is 4.74 Å². The quantitative estimate of drug-likeness (QED) is 0.708. The summed E-state index contributed by atoms with van der Waals surface area (Å²) in [6.45, 7) is 12.2. The molecule has 1 fully saturated rings. The van der Waals surface area contributed by atoms with Crippen molar-refractivity contribution in [1.82, 2.24) is 10.2 Å². The van der Waals surface area contributed by atoms with Crippen LogP contribution in [-0.2, 0) is 4.74 Å². The second kappa shape index (κ2) is 8.13. The van der Waals surface area contributed by atoms with Gasteiger partial charge < -0.3 is 15.0 Å². The molecule has 1 N–H and O–H groups in total. The zero-order chi connectivity index (χ0) is 13.4. The summed E-state index contributed by atoms with van der Waals surface area (Å²) in [6.07, 6.45) is 5.53. The van der Waals surface area contributed by atoms with Gasteiger partial charge >= 0.3 is 0 Å². The average Bonchev–Trinajstić information content (AvgIpc) is 2.28. The van der Waals surface area contributed by atoms with Crippen LogP contribution in [0.1, 0.15) is 46.5 Å². The number of likely N-dealkylation sites (N-methyl/N-ethyl adjacent to an activating group) is 1. The molecule has 0 saturated carbocycles. The molecule has 1 atom stereocenters. The van der Waals surface area contributed by atoms with Crippen LogP contribution in [0.5, 0.6) is 0 Å². The van der Waals surface area contributed by atoms with Crippen molar-refractivity contribution in [1.29, 1.82) is 0 Å². The smallest absolute Gasteiger partial charge is 0.0701 e. The highest BCUT2D eigenvalue weighted by Gasteiger charge is 2.15. The molecule has 3 heteroatoms. The number of ether oxygens (including phenoxy) is 1. The standard InChI is InChI=1S/C15H32N2O/c1-15(2,3)8-9-16-10-11-17(4)13-14-7-5-6-12-18-14/h14,16H,5-13H2,1-4H3. The van der Waals surface area contributed by atoms with Gasteiger partial charge in [-0.05, 0) is 44.7 Å². The van der Waals surface area contributed by atoms with Gasteiger partial charge in [0.15, 0.2) is 0 Å². The van der Waals surface area contributed by atoms with E-state index in [1.807, 2.05) is 0 Å². The predicted octanol–water partition coefficient (Wildman–Crippen LogP) is 2.51. The molecule has 0 amide bonds. The van der Waals surface area contributed by atoms with E-state index in [0.29, 0.717) is 11.5 Å². The Labute approximate surface area is 113 Å². The molecular formula is C15H32N2O. The summed E-state index contributed by atoms with van der Waals surface area (Å²) in [5, 5.41) is 3.53.